The number of nitrogens with one attached hydrogen (secondary N) is 3. The van der Waals surface area contributed by atoms with Gasteiger partial charge in [0.05, 0.1) is 123 Å². The van der Waals surface area contributed by atoms with Gasteiger partial charge in [0.2, 0.25) is 0 Å². The third kappa shape index (κ3) is 17.6. The molecule has 3 aliphatic heterocycles. The number of thiophene rings is 4. The van der Waals surface area contributed by atoms with Crippen LogP contribution in [0.2, 0.25) is 0 Å². The molecule has 3 saturated heterocycles. The third-order valence-corrected chi connectivity index (χ3v) is 27.3. The number of aliphatic hydroxyl groups is 2. The maximum absolute atomic E-state index is 13.0. The topological polar surface area (TPSA) is 346 Å². The molecule has 7 amide bonds. The second kappa shape index (κ2) is 36.4. The van der Waals surface area contributed by atoms with Gasteiger partial charge in [-0.25, -0.2) is 4.98 Å². The van der Waals surface area contributed by atoms with Crippen LogP contribution in [0, 0.1) is 6.92 Å². The fraction of sp³-hybridized carbons (Fsp3) is 0.255. The van der Waals surface area contributed by atoms with Gasteiger partial charge in [0.25, 0.3) is 41.4 Å². The molecule has 5 N–H and O–H groups in total. The molecule has 3 atom stereocenters. The Morgan fingerprint density at radius 2 is 0.822 bits per heavy atom. The van der Waals surface area contributed by atoms with Gasteiger partial charge >= 0.3 is 0 Å². The summed E-state index contributed by atoms with van der Waals surface area (Å²) in [6.07, 6.45) is 17.2. The predicted octanol–water partition coefficient (Wildman–Crippen LogP) is 15.4. The number of amides is 7. The summed E-state index contributed by atoms with van der Waals surface area (Å²) < 4.78 is 41.3. The highest BCUT2D eigenvalue weighted by molar-refractivity contribution is 7.23. The van der Waals surface area contributed by atoms with E-state index in [4.69, 9.17) is 23.7 Å². The number of fused-ring (bicyclic) bond motifs is 8. The molecule has 3 aliphatic rings. The zero-order valence-electron chi connectivity index (χ0n) is 72.5. The summed E-state index contributed by atoms with van der Waals surface area (Å²) in [5, 5.41) is 28.3. The van der Waals surface area contributed by atoms with Crippen molar-refractivity contribution in [2.24, 2.45) is 28.2 Å². The van der Waals surface area contributed by atoms with E-state index < -0.39 is 12.2 Å². The Morgan fingerprint density at radius 3 is 1.20 bits per heavy atom. The monoisotopic (exact) mass is 1810 g/mol. The van der Waals surface area contributed by atoms with Crippen LogP contribution in [0.3, 0.4) is 0 Å². The molecule has 0 unspecified atom stereocenters. The highest BCUT2D eigenvalue weighted by Crippen LogP contribution is 2.44. The van der Waals surface area contributed by atoms with E-state index in [-0.39, 0.29) is 47.5 Å². The number of benzene rings is 4. The Kier molecular flexibility index (Phi) is 24.6. The van der Waals surface area contributed by atoms with Crippen LogP contribution in [-0.2, 0) is 32.9 Å². The van der Waals surface area contributed by atoms with E-state index in [1.165, 1.54) is 34.0 Å². The maximum Gasteiger partial charge on any atom is 0.264 e. The van der Waals surface area contributed by atoms with Crippen molar-refractivity contribution in [1.82, 2.24) is 83.3 Å². The van der Waals surface area contributed by atoms with Crippen molar-refractivity contribution in [2.45, 2.75) is 44.5 Å². The van der Waals surface area contributed by atoms with Gasteiger partial charge in [-0.15, -0.1) is 45.3 Å². The number of aryl methyl sites for hydroxylation is 5. The SMILES string of the molecule is CN(C)C(=O)c1cn(C)c2cc(Oc3ccnc4cc(C(=O)N5CC[C@@H](O)C5)sc34)ccc12.CNC(=O)c1c(C)[nH]c2cc(Oc3ccnc4cc(C(=O)N5CC[C@@H](O)C5)sc34)ccc12.CNC(=O)c1cn(C)c2cc(Oc3ccnc4cc(-c5nccn5C)sc34)ccc12.CO[C@@H]1CCN(C(=O)c2cc3nccc(Oc4ccc5c(C(=O)N(C)C)cn(C)c5c4)c3s2)C1. The average Bonchev–Trinajstić information content (AvgIpc) is 1.65. The number of carbonyl (C=O) groups excluding carboxylic acids is 7. The van der Waals surface area contributed by atoms with E-state index in [1.807, 2.05) is 174 Å². The number of β-amino-alcohol motifs (C(OH)–C–C–N with tert-alkyl or cyclic N) is 2. The smallest absolute Gasteiger partial charge is 0.264 e. The average molecular weight is 1810 g/mol. The van der Waals surface area contributed by atoms with Crippen molar-refractivity contribution in [3.05, 3.63) is 220 Å². The van der Waals surface area contributed by atoms with Gasteiger partial charge in [0.1, 0.15) is 51.8 Å². The van der Waals surface area contributed by atoms with Gasteiger partial charge in [-0.2, -0.15) is 0 Å². The van der Waals surface area contributed by atoms with Crippen molar-refractivity contribution in [3.63, 3.8) is 0 Å². The lowest BCUT2D eigenvalue weighted by Crippen LogP contribution is -2.29. The van der Waals surface area contributed by atoms with E-state index in [0.717, 1.165) is 102 Å². The maximum atomic E-state index is 13.0. The highest BCUT2D eigenvalue weighted by Gasteiger charge is 2.32. The first-order chi connectivity index (χ1) is 62.1. The Labute approximate surface area is 754 Å². The van der Waals surface area contributed by atoms with E-state index in [2.05, 4.69) is 40.5 Å². The second-order valence-electron chi connectivity index (χ2n) is 32.0. The minimum Gasteiger partial charge on any atom is -0.456 e. The summed E-state index contributed by atoms with van der Waals surface area (Å²) in [6, 6.07) is 37.2. The number of imidazole rings is 1. The number of aromatic amines is 1. The summed E-state index contributed by atoms with van der Waals surface area (Å²) in [5.41, 5.74) is 9.85. The number of likely N-dealkylation sites (tertiary alicyclic amines) is 3. The summed E-state index contributed by atoms with van der Waals surface area (Å²) in [7, 11) is 19.6. The number of hydrogen-bond donors (Lipinski definition) is 5. The molecule has 17 aromatic rings. The molecule has 129 heavy (non-hydrogen) atoms. The molecule has 35 heteroatoms. The van der Waals surface area contributed by atoms with E-state index in [0.29, 0.717) is 140 Å². The first-order valence-electron chi connectivity index (χ1n) is 41.4. The van der Waals surface area contributed by atoms with E-state index in [9.17, 15) is 43.8 Å². The lowest BCUT2D eigenvalue weighted by atomic mass is 10.1. The minimum absolute atomic E-state index is 0.00295. The third-order valence-electron chi connectivity index (χ3n) is 22.8. The van der Waals surface area contributed by atoms with Crippen molar-refractivity contribution in [2.75, 3.05) is 88.7 Å². The number of nitrogens with zero attached hydrogens (tertiary/aromatic N) is 14. The number of methoxy groups -OCH3 is 1. The van der Waals surface area contributed by atoms with Crippen LogP contribution in [0.15, 0.2) is 177 Å². The quantitative estimate of drug-likeness (QED) is 0.0565. The second-order valence-corrected chi connectivity index (χ2v) is 36.2. The summed E-state index contributed by atoms with van der Waals surface area (Å²) >= 11 is 5.67. The van der Waals surface area contributed by atoms with Gasteiger partial charge in [-0.1, -0.05) is 0 Å². The molecule has 660 valence electrons. The van der Waals surface area contributed by atoms with Gasteiger partial charge in [0, 0.05) is 248 Å². The first kappa shape index (κ1) is 87.1. The molecule has 0 bridgehead atoms. The number of aliphatic hydroxyl groups excluding tert-OH is 2. The minimum atomic E-state index is -0.458. The number of carbonyl (C=O) groups is 7. The molecule has 0 aliphatic carbocycles. The predicted molar refractivity (Wildman–Crippen MR) is 500 cm³/mol. The number of rotatable bonds is 17. The van der Waals surface area contributed by atoms with Crippen molar-refractivity contribution in [3.8, 4) is 56.7 Å². The lowest BCUT2D eigenvalue weighted by Gasteiger charge is -2.14. The summed E-state index contributed by atoms with van der Waals surface area (Å²) in [5.74, 6) is 5.56. The van der Waals surface area contributed by atoms with E-state index in [1.54, 1.807) is 142 Å². The van der Waals surface area contributed by atoms with Gasteiger partial charge in [0.15, 0.2) is 0 Å². The molecule has 0 radical (unpaired) electrons. The molecule has 16 heterocycles. The zero-order chi connectivity index (χ0) is 90.5. The molecule has 31 nitrogen and oxygen atoms in total. The zero-order valence-corrected chi connectivity index (χ0v) is 75.8. The van der Waals surface area contributed by atoms with Crippen LogP contribution in [0.25, 0.3) is 95.2 Å². The lowest BCUT2D eigenvalue weighted by molar-refractivity contribution is 0.0727. The first-order valence-corrected chi connectivity index (χ1v) is 44.7. The number of H-pyrrole nitrogens is 1. The standard InChI is InChI=1S/C25H26N4O4S.C24H24N4O4S.C23H22N4O4S.C22H19N5O2S/c1-27(2)24(30)18-14-28(3)20-11-15(5-6-17(18)20)33-21-7-9-26-19-12-22(34-23(19)21)25(31)29-10-8-16(13-29)32-4;1-26(2)23(30)17-13-27(3)19-10-15(4-5-16(17)19)32-20-6-8-25-18-11-21(33-22(18)20)24(31)28-9-7-14(29)12-28;1-12-20(22(29)24-2)15-4-3-14(9-16(15)26-12)31-18-5-7-25-17-10-19(32-21(17)18)23(30)27-8-6-13(28)11-27;1-23-22(28)15-12-27(3)17-10-13(4-5-14(15)17)29-18-6-7-24-16-11-19(30-20(16)18)21-25-8-9-26(21)2/h5-7,9,11-12,14,16H,8,10,13H2,1-4H3;4-6,8,10-11,13-14,29H,7,9,12H2,1-3H3;3-5,7,9-10,13,26,28H,6,8,11H2,1-2H3,(H,24,29);4-12H,1-3H3,(H,23,28)/t16-;14-;13-;/m111./s1. The van der Waals surface area contributed by atoms with Gasteiger partial charge < -0.3 is 92.3 Å². The molecule has 13 aromatic heterocycles. The molecular formula is C94H91N17O14S4. The van der Waals surface area contributed by atoms with Gasteiger partial charge in [-0.05, 0) is 99.0 Å². The number of ether oxygens (including phenoxy) is 5. The van der Waals surface area contributed by atoms with Crippen molar-refractivity contribution in [1.29, 1.82) is 0 Å². The highest BCUT2D eigenvalue weighted by atomic mass is 32.1. The molecule has 0 saturated carbocycles. The Hall–Kier alpha value is -13.9. The fourth-order valence-corrected chi connectivity index (χ4v) is 20.4. The molecule has 4 aromatic carbocycles. The molecule has 20 rings (SSSR count). The van der Waals surface area contributed by atoms with Crippen LogP contribution in [0.5, 0.6) is 46.0 Å². The fourth-order valence-electron chi connectivity index (χ4n) is 16.2. The molecule has 0 spiro atoms. The van der Waals surface area contributed by atoms with Gasteiger partial charge in [-0.3, -0.25) is 53.5 Å². The summed E-state index contributed by atoms with van der Waals surface area (Å²) in [4.78, 5) is 124. The molecule has 3 fully saturated rings. The van der Waals surface area contributed by atoms with Crippen LogP contribution < -0.4 is 29.6 Å². The molecular weight excluding hydrogens is 1720 g/mol. The Bertz CT molecular complexity index is 7270. The normalized spacial score (nSPS) is 14.9. The van der Waals surface area contributed by atoms with Crippen molar-refractivity contribution >= 4 is 171 Å². The largest absolute Gasteiger partial charge is 0.456 e. The number of hydrogen-bond acceptors (Lipinski definition) is 23. The van der Waals surface area contributed by atoms with Crippen LogP contribution in [0.1, 0.15) is 95.4 Å². The Balaban J connectivity index is 0.000000121. The van der Waals surface area contributed by atoms with E-state index >= 15 is 0 Å². The van der Waals surface area contributed by atoms with Crippen LogP contribution in [0.4, 0.5) is 0 Å². The van der Waals surface area contributed by atoms with Crippen LogP contribution in [-0.4, -0.2) is 231 Å². The number of aromatic nitrogens is 10. The Morgan fingerprint density at radius 1 is 0.442 bits per heavy atom. The van der Waals surface area contributed by atoms with Crippen molar-refractivity contribution < 1.29 is 67.5 Å². The van der Waals surface area contributed by atoms with Crippen LogP contribution >= 0.6 is 45.3 Å². The summed E-state index contributed by atoms with van der Waals surface area (Å²) in [6.45, 7) is 4.99. The number of pyridine rings is 4.